The molecule has 2 rings (SSSR count). The largest absolute Gasteiger partial charge is 0.464 e. The predicted octanol–water partition coefficient (Wildman–Crippen LogP) is 3.01. The van der Waals surface area contributed by atoms with Gasteiger partial charge in [-0.25, -0.2) is 0 Å². The Balaban J connectivity index is 2.63. The van der Waals surface area contributed by atoms with Crippen LogP contribution in [0.15, 0.2) is 28.9 Å². The molecule has 0 saturated heterocycles. The number of furan rings is 1. The van der Waals surface area contributed by atoms with Crippen molar-refractivity contribution in [1.82, 2.24) is 0 Å². The van der Waals surface area contributed by atoms with Crippen molar-refractivity contribution in [2.75, 3.05) is 0 Å². The maximum atomic E-state index is 5.61. The lowest BCUT2D eigenvalue weighted by Gasteiger charge is -2.01. The number of nitrogens with two attached hydrogens (primary N) is 1. The highest BCUT2D eigenvalue weighted by molar-refractivity contribution is 5.82. The SMILES string of the molecule is CC(C)c1coc2ccc(CN)cc12. The van der Waals surface area contributed by atoms with E-state index in [1.54, 1.807) is 0 Å². The second kappa shape index (κ2) is 3.46. The molecule has 1 heterocycles. The van der Waals surface area contributed by atoms with E-state index in [1.165, 1.54) is 10.9 Å². The highest BCUT2D eigenvalue weighted by atomic mass is 16.3. The van der Waals surface area contributed by atoms with Crippen LogP contribution in [-0.2, 0) is 6.54 Å². The molecule has 0 unspecified atom stereocenters. The van der Waals surface area contributed by atoms with Gasteiger partial charge < -0.3 is 10.2 Å². The van der Waals surface area contributed by atoms with Crippen LogP contribution < -0.4 is 5.73 Å². The number of hydrogen-bond acceptors (Lipinski definition) is 2. The Morgan fingerprint density at radius 1 is 1.36 bits per heavy atom. The van der Waals surface area contributed by atoms with Crippen LogP contribution in [0.25, 0.3) is 11.0 Å². The van der Waals surface area contributed by atoms with E-state index in [0.29, 0.717) is 12.5 Å². The first-order valence-corrected chi connectivity index (χ1v) is 4.92. The van der Waals surface area contributed by atoms with Crippen molar-refractivity contribution in [1.29, 1.82) is 0 Å². The van der Waals surface area contributed by atoms with Crippen LogP contribution in [0.1, 0.15) is 30.9 Å². The van der Waals surface area contributed by atoms with E-state index in [0.717, 1.165) is 11.1 Å². The summed E-state index contributed by atoms with van der Waals surface area (Å²) in [5.74, 6) is 0.490. The zero-order valence-corrected chi connectivity index (χ0v) is 8.58. The smallest absolute Gasteiger partial charge is 0.134 e. The number of benzene rings is 1. The van der Waals surface area contributed by atoms with Gasteiger partial charge >= 0.3 is 0 Å². The minimum absolute atomic E-state index is 0.490. The Labute approximate surface area is 83.7 Å². The summed E-state index contributed by atoms with van der Waals surface area (Å²) in [6.45, 7) is 4.91. The van der Waals surface area contributed by atoms with E-state index in [9.17, 15) is 0 Å². The number of fused-ring (bicyclic) bond motifs is 1. The van der Waals surface area contributed by atoms with Gasteiger partial charge in [0.25, 0.3) is 0 Å². The average molecular weight is 189 g/mol. The molecule has 74 valence electrons. The second-order valence-electron chi connectivity index (χ2n) is 3.88. The van der Waals surface area contributed by atoms with Crippen molar-refractivity contribution < 1.29 is 4.42 Å². The molecule has 0 amide bonds. The summed E-state index contributed by atoms with van der Waals surface area (Å²) in [5.41, 5.74) is 8.97. The Kier molecular flexibility index (Phi) is 2.30. The summed E-state index contributed by atoms with van der Waals surface area (Å²) >= 11 is 0. The summed E-state index contributed by atoms with van der Waals surface area (Å²) in [4.78, 5) is 0. The van der Waals surface area contributed by atoms with Gasteiger partial charge in [0.2, 0.25) is 0 Å². The molecule has 1 aromatic heterocycles. The first-order chi connectivity index (χ1) is 6.72. The molecule has 0 radical (unpaired) electrons. The van der Waals surface area contributed by atoms with Crippen LogP contribution in [0.5, 0.6) is 0 Å². The van der Waals surface area contributed by atoms with E-state index < -0.39 is 0 Å². The minimum atomic E-state index is 0.490. The quantitative estimate of drug-likeness (QED) is 0.788. The summed E-state index contributed by atoms with van der Waals surface area (Å²) in [5, 5.41) is 1.20. The predicted molar refractivity (Wildman–Crippen MR) is 58.2 cm³/mol. The van der Waals surface area contributed by atoms with Crippen molar-refractivity contribution in [3.8, 4) is 0 Å². The molecule has 2 aromatic rings. The Bertz CT molecular complexity index is 443. The van der Waals surface area contributed by atoms with E-state index in [4.69, 9.17) is 10.2 Å². The molecule has 14 heavy (non-hydrogen) atoms. The van der Waals surface area contributed by atoms with E-state index in [1.807, 2.05) is 18.4 Å². The molecule has 0 bridgehead atoms. The molecular weight excluding hydrogens is 174 g/mol. The lowest BCUT2D eigenvalue weighted by Crippen LogP contribution is -1.95. The van der Waals surface area contributed by atoms with Gasteiger partial charge in [-0.3, -0.25) is 0 Å². The fourth-order valence-corrected chi connectivity index (χ4v) is 1.67. The lowest BCUT2D eigenvalue weighted by molar-refractivity contribution is 0.606. The first-order valence-electron chi connectivity index (χ1n) is 4.92. The fraction of sp³-hybridized carbons (Fsp3) is 0.333. The topological polar surface area (TPSA) is 39.2 Å². The van der Waals surface area contributed by atoms with Crippen molar-refractivity contribution in [2.45, 2.75) is 26.3 Å². The molecule has 1 aromatic carbocycles. The summed E-state index contributed by atoms with van der Waals surface area (Å²) in [6.07, 6.45) is 1.84. The average Bonchev–Trinajstić information content (AvgIpc) is 2.59. The third-order valence-electron chi connectivity index (χ3n) is 2.53. The lowest BCUT2D eigenvalue weighted by atomic mass is 10.0. The van der Waals surface area contributed by atoms with Crippen LogP contribution in [0.4, 0.5) is 0 Å². The molecule has 0 saturated carbocycles. The van der Waals surface area contributed by atoms with Crippen LogP contribution >= 0.6 is 0 Å². The Hall–Kier alpha value is -1.28. The first kappa shape index (κ1) is 9.28. The second-order valence-corrected chi connectivity index (χ2v) is 3.88. The van der Waals surface area contributed by atoms with Gasteiger partial charge in [0.1, 0.15) is 5.58 Å². The molecule has 0 aliphatic rings. The van der Waals surface area contributed by atoms with Gasteiger partial charge in [0, 0.05) is 17.5 Å². The Morgan fingerprint density at radius 3 is 2.79 bits per heavy atom. The highest BCUT2D eigenvalue weighted by Gasteiger charge is 2.08. The van der Waals surface area contributed by atoms with Gasteiger partial charge in [0.15, 0.2) is 0 Å². The van der Waals surface area contributed by atoms with Crippen LogP contribution in [0, 0.1) is 0 Å². The maximum absolute atomic E-state index is 5.61. The number of hydrogen-bond donors (Lipinski definition) is 1. The van der Waals surface area contributed by atoms with Gasteiger partial charge in [-0.15, -0.1) is 0 Å². The van der Waals surface area contributed by atoms with Gasteiger partial charge in [-0.1, -0.05) is 19.9 Å². The zero-order chi connectivity index (χ0) is 10.1. The van der Waals surface area contributed by atoms with Gasteiger partial charge in [-0.2, -0.15) is 0 Å². The molecule has 0 fully saturated rings. The maximum Gasteiger partial charge on any atom is 0.134 e. The summed E-state index contributed by atoms with van der Waals surface area (Å²) in [6, 6.07) is 6.12. The molecule has 2 N–H and O–H groups in total. The molecule has 2 nitrogen and oxygen atoms in total. The normalized spacial score (nSPS) is 11.4. The third kappa shape index (κ3) is 1.42. The van der Waals surface area contributed by atoms with Crippen LogP contribution in [0.2, 0.25) is 0 Å². The monoisotopic (exact) mass is 189 g/mol. The molecule has 2 heteroatoms. The fourth-order valence-electron chi connectivity index (χ4n) is 1.67. The van der Waals surface area contributed by atoms with Crippen molar-refractivity contribution >= 4 is 11.0 Å². The van der Waals surface area contributed by atoms with Gasteiger partial charge in [-0.05, 0) is 23.6 Å². The van der Waals surface area contributed by atoms with E-state index in [-0.39, 0.29) is 0 Å². The van der Waals surface area contributed by atoms with E-state index >= 15 is 0 Å². The van der Waals surface area contributed by atoms with Gasteiger partial charge in [0.05, 0.1) is 6.26 Å². The third-order valence-corrected chi connectivity index (χ3v) is 2.53. The highest BCUT2D eigenvalue weighted by Crippen LogP contribution is 2.27. The molecule has 0 spiro atoms. The van der Waals surface area contributed by atoms with Crippen LogP contribution in [0.3, 0.4) is 0 Å². The zero-order valence-electron chi connectivity index (χ0n) is 8.58. The standard InChI is InChI=1S/C12H15NO/c1-8(2)11-7-14-12-4-3-9(6-13)5-10(11)12/h3-5,7-8H,6,13H2,1-2H3. The number of rotatable bonds is 2. The van der Waals surface area contributed by atoms with E-state index in [2.05, 4.69) is 19.9 Å². The van der Waals surface area contributed by atoms with Crippen molar-refractivity contribution in [3.05, 3.63) is 35.6 Å². The molecular formula is C12H15NO. The summed E-state index contributed by atoms with van der Waals surface area (Å²) in [7, 11) is 0. The Morgan fingerprint density at radius 2 is 2.14 bits per heavy atom. The van der Waals surface area contributed by atoms with Crippen LogP contribution in [-0.4, -0.2) is 0 Å². The minimum Gasteiger partial charge on any atom is -0.464 e. The van der Waals surface area contributed by atoms with Crippen molar-refractivity contribution in [3.63, 3.8) is 0 Å². The van der Waals surface area contributed by atoms with Crippen molar-refractivity contribution in [2.24, 2.45) is 5.73 Å². The molecule has 0 aliphatic carbocycles. The molecule has 0 aliphatic heterocycles. The molecule has 0 atom stereocenters. The summed E-state index contributed by atoms with van der Waals surface area (Å²) < 4.78 is 5.47.